The van der Waals surface area contributed by atoms with Crippen LogP contribution in [0.2, 0.25) is 0 Å². The third kappa shape index (κ3) is 2.72. The Morgan fingerprint density at radius 1 is 1.60 bits per heavy atom. The highest BCUT2D eigenvalue weighted by Crippen LogP contribution is 2.15. The second-order valence-corrected chi connectivity index (χ2v) is 3.40. The largest absolute Gasteiger partial charge is 0.314 e. The fourth-order valence-corrected chi connectivity index (χ4v) is 1.55. The van der Waals surface area contributed by atoms with Gasteiger partial charge in [0.1, 0.15) is 0 Å². The minimum Gasteiger partial charge on any atom is -0.314 e. The quantitative estimate of drug-likeness (QED) is 0.652. The van der Waals surface area contributed by atoms with Gasteiger partial charge in [0.15, 0.2) is 0 Å². The average Bonchev–Trinajstić information content (AvgIpc) is 1.88. The minimum atomic E-state index is 0.596. The van der Waals surface area contributed by atoms with Crippen molar-refractivity contribution in [2.75, 3.05) is 6.54 Å². The molecule has 0 amide bonds. The van der Waals surface area contributed by atoms with Crippen LogP contribution in [0.1, 0.15) is 25.7 Å². The first-order valence-corrected chi connectivity index (χ1v) is 4.23. The van der Waals surface area contributed by atoms with Crippen molar-refractivity contribution in [3.63, 3.8) is 0 Å². The molecule has 0 aromatic carbocycles. The lowest BCUT2D eigenvalue weighted by molar-refractivity contribution is 0.402. The van der Waals surface area contributed by atoms with E-state index in [1.807, 2.05) is 0 Å². The third-order valence-corrected chi connectivity index (χ3v) is 2.03. The summed E-state index contributed by atoms with van der Waals surface area (Å²) in [5.41, 5.74) is 0. The molecule has 58 valence electrons. The van der Waals surface area contributed by atoms with Gasteiger partial charge in [-0.15, -0.1) is 0 Å². The van der Waals surface area contributed by atoms with E-state index in [9.17, 15) is 0 Å². The Morgan fingerprint density at radius 2 is 2.40 bits per heavy atom. The van der Waals surface area contributed by atoms with E-state index in [-0.39, 0.29) is 0 Å². The number of rotatable bonds is 2. The summed E-state index contributed by atoms with van der Waals surface area (Å²) < 4.78 is 0. The van der Waals surface area contributed by atoms with E-state index in [4.69, 9.17) is 11.6 Å². The van der Waals surface area contributed by atoms with Crippen LogP contribution in [0.4, 0.5) is 0 Å². The summed E-state index contributed by atoms with van der Waals surface area (Å²) in [5.74, 6) is 0. The van der Waals surface area contributed by atoms with Crippen molar-refractivity contribution in [1.29, 1.82) is 0 Å². The maximum atomic E-state index is 5.68. The van der Waals surface area contributed by atoms with Gasteiger partial charge in [-0.25, -0.2) is 0 Å². The van der Waals surface area contributed by atoms with E-state index in [0.717, 1.165) is 18.0 Å². The number of hydrogen-bond acceptors (Lipinski definition) is 1. The maximum absolute atomic E-state index is 5.68. The highest BCUT2D eigenvalue weighted by molar-refractivity contribution is 6.29. The summed E-state index contributed by atoms with van der Waals surface area (Å²) in [6.07, 6.45) is 4.83. The second kappa shape index (κ2) is 3.99. The van der Waals surface area contributed by atoms with Crippen LogP contribution < -0.4 is 5.32 Å². The highest BCUT2D eigenvalue weighted by atomic mass is 35.5. The molecule has 0 saturated carbocycles. The van der Waals surface area contributed by atoms with E-state index in [2.05, 4.69) is 11.9 Å². The first-order chi connectivity index (χ1) is 4.79. The lowest BCUT2D eigenvalue weighted by Crippen LogP contribution is -2.33. The van der Waals surface area contributed by atoms with Gasteiger partial charge in [0.05, 0.1) is 0 Å². The minimum absolute atomic E-state index is 0.596. The molecule has 1 atom stereocenters. The molecule has 0 bridgehead atoms. The molecule has 1 fully saturated rings. The number of hydrogen-bond donors (Lipinski definition) is 1. The van der Waals surface area contributed by atoms with Crippen LogP contribution in [-0.2, 0) is 0 Å². The van der Waals surface area contributed by atoms with Crippen LogP contribution in [0, 0.1) is 0 Å². The maximum Gasteiger partial charge on any atom is 0.0124 e. The smallest absolute Gasteiger partial charge is 0.0124 e. The van der Waals surface area contributed by atoms with Crippen LogP contribution in [0.15, 0.2) is 11.6 Å². The molecule has 1 rings (SSSR count). The lowest BCUT2D eigenvalue weighted by atomic mass is 10.0. The van der Waals surface area contributed by atoms with E-state index in [1.165, 1.54) is 19.3 Å². The van der Waals surface area contributed by atoms with Gasteiger partial charge in [0.25, 0.3) is 0 Å². The molecule has 1 aliphatic heterocycles. The number of nitrogens with one attached hydrogen (secondary N) is 1. The molecule has 0 radical (unpaired) electrons. The first kappa shape index (κ1) is 8.09. The molecule has 0 unspecified atom stereocenters. The fraction of sp³-hybridized carbons (Fsp3) is 0.750. The van der Waals surface area contributed by atoms with Gasteiger partial charge >= 0.3 is 0 Å². The molecule has 1 aliphatic rings. The summed E-state index contributed by atoms with van der Waals surface area (Å²) >= 11 is 5.68. The van der Waals surface area contributed by atoms with Crippen molar-refractivity contribution in [1.82, 2.24) is 5.32 Å². The van der Waals surface area contributed by atoms with Crippen LogP contribution in [0.5, 0.6) is 0 Å². The van der Waals surface area contributed by atoms with E-state index >= 15 is 0 Å². The molecule has 0 aliphatic carbocycles. The van der Waals surface area contributed by atoms with Gasteiger partial charge in [0, 0.05) is 11.1 Å². The summed E-state index contributed by atoms with van der Waals surface area (Å²) in [6.45, 7) is 4.82. The zero-order chi connectivity index (χ0) is 7.40. The third-order valence-electron chi connectivity index (χ3n) is 1.88. The molecule has 1 nitrogen and oxygen atoms in total. The predicted molar refractivity (Wildman–Crippen MR) is 45.3 cm³/mol. The van der Waals surface area contributed by atoms with Crippen molar-refractivity contribution in [2.45, 2.75) is 31.7 Å². The zero-order valence-corrected chi connectivity index (χ0v) is 6.95. The van der Waals surface area contributed by atoms with Crippen LogP contribution in [0.3, 0.4) is 0 Å². The van der Waals surface area contributed by atoms with Crippen molar-refractivity contribution in [2.24, 2.45) is 0 Å². The van der Waals surface area contributed by atoms with Crippen molar-refractivity contribution in [3.05, 3.63) is 11.6 Å². The summed E-state index contributed by atoms with van der Waals surface area (Å²) in [6, 6.07) is 0.596. The van der Waals surface area contributed by atoms with E-state index < -0.39 is 0 Å². The van der Waals surface area contributed by atoms with Crippen LogP contribution >= 0.6 is 11.6 Å². The van der Waals surface area contributed by atoms with Gasteiger partial charge in [0.2, 0.25) is 0 Å². The summed E-state index contributed by atoms with van der Waals surface area (Å²) in [5, 5.41) is 4.18. The van der Waals surface area contributed by atoms with Crippen LogP contribution in [0.25, 0.3) is 0 Å². The van der Waals surface area contributed by atoms with Gasteiger partial charge in [-0.05, 0) is 25.8 Å². The van der Waals surface area contributed by atoms with Gasteiger partial charge in [-0.1, -0.05) is 24.6 Å². The predicted octanol–water partition coefficient (Wildman–Crippen LogP) is 2.27. The normalized spacial score (nSPS) is 26.3. The Balaban J connectivity index is 2.19. The molecule has 0 aromatic rings. The SMILES string of the molecule is C=C(Cl)C[C@H]1CCCCN1. The number of piperidine rings is 1. The monoisotopic (exact) mass is 159 g/mol. The van der Waals surface area contributed by atoms with E-state index in [1.54, 1.807) is 0 Å². The molecule has 0 spiro atoms. The van der Waals surface area contributed by atoms with Crippen molar-refractivity contribution >= 4 is 11.6 Å². The van der Waals surface area contributed by atoms with Gasteiger partial charge in [-0.3, -0.25) is 0 Å². The zero-order valence-electron chi connectivity index (χ0n) is 6.20. The molecular weight excluding hydrogens is 146 g/mol. The fourth-order valence-electron chi connectivity index (χ4n) is 1.37. The Kier molecular flexibility index (Phi) is 3.23. The molecule has 10 heavy (non-hydrogen) atoms. The molecule has 1 heterocycles. The topological polar surface area (TPSA) is 12.0 Å². The standard InChI is InChI=1S/C8H14ClN/c1-7(9)6-8-4-2-3-5-10-8/h8,10H,1-6H2/t8-/m1/s1. The van der Waals surface area contributed by atoms with Gasteiger partial charge in [-0.2, -0.15) is 0 Å². The summed E-state index contributed by atoms with van der Waals surface area (Å²) in [4.78, 5) is 0. The molecule has 1 N–H and O–H groups in total. The van der Waals surface area contributed by atoms with Gasteiger partial charge < -0.3 is 5.32 Å². The molecule has 2 heteroatoms. The first-order valence-electron chi connectivity index (χ1n) is 3.85. The Morgan fingerprint density at radius 3 is 2.90 bits per heavy atom. The Hall–Kier alpha value is -0.0100. The second-order valence-electron chi connectivity index (χ2n) is 2.87. The highest BCUT2D eigenvalue weighted by Gasteiger charge is 2.11. The molecule has 1 saturated heterocycles. The van der Waals surface area contributed by atoms with Crippen molar-refractivity contribution < 1.29 is 0 Å². The molecule has 0 aromatic heterocycles. The molecular formula is C8H14ClN. The van der Waals surface area contributed by atoms with Crippen molar-refractivity contribution in [3.8, 4) is 0 Å². The average molecular weight is 160 g/mol. The Bertz CT molecular complexity index is 116. The lowest BCUT2D eigenvalue weighted by Gasteiger charge is -2.22. The number of halogens is 1. The van der Waals surface area contributed by atoms with Crippen LogP contribution in [-0.4, -0.2) is 12.6 Å². The van der Waals surface area contributed by atoms with E-state index in [0.29, 0.717) is 6.04 Å². The summed E-state index contributed by atoms with van der Waals surface area (Å²) in [7, 11) is 0. The Labute approximate surface area is 67.5 Å².